The van der Waals surface area contributed by atoms with E-state index in [0.717, 1.165) is 12.8 Å². The average molecular weight is 295 g/mol. The minimum absolute atomic E-state index is 0.0472. The highest BCUT2D eigenvalue weighted by Gasteiger charge is 2.48. The van der Waals surface area contributed by atoms with Crippen LogP contribution in [0.25, 0.3) is 0 Å². The predicted molar refractivity (Wildman–Crippen MR) is 81.8 cm³/mol. The molecule has 2 N–H and O–H groups in total. The third-order valence-electron chi connectivity index (χ3n) is 4.04. The molecule has 2 unspecified atom stereocenters. The number of anilines is 2. The molecule has 0 radical (unpaired) electrons. The molecule has 1 fully saturated rings. The molecule has 0 saturated heterocycles. The maximum absolute atomic E-state index is 5.50. The number of nitrogens with one attached hydrogen (secondary N) is 2. The van der Waals surface area contributed by atoms with Crippen molar-refractivity contribution in [3.8, 4) is 6.01 Å². The first-order valence-electron chi connectivity index (χ1n) is 7.37. The molecule has 1 aromatic rings. The van der Waals surface area contributed by atoms with Gasteiger partial charge in [-0.1, -0.05) is 20.8 Å². The Bertz CT molecular complexity index is 480. The van der Waals surface area contributed by atoms with Gasteiger partial charge in [-0.15, -0.1) is 0 Å². The van der Waals surface area contributed by atoms with E-state index in [1.54, 1.807) is 14.2 Å². The summed E-state index contributed by atoms with van der Waals surface area (Å²) in [6, 6.07) is 0.618. The van der Waals surface area contributed by atoms with Gasteiger partial charge in [0.05, 0.1) is 12.7 Å². The maximum atomic E-state index is 5.50. The molecule has 1 saturated carbocycles. The first-order chi connectivity index (χ1) is 10.0. The molecule has 7 nitrogen and oxygen atoms in total. The van der Waals surface area contributed by atoms with Crippen molar-refractivity contribution in [3.63, 3.8) is 0 Å². The van der Waals surface area contributed by atoms with Crippen molar-refractivity contribution >= 4 is 11.9 Å². The Morgan fingerprint density at radius 1 is 1.24 bits per heavy atom. The molecule has 0 spiro atoms. The van der Waals surface area contributed by atoms with Crippen molar-refractivity contribution in [2.75, 3.05) is 31.4 Å². The van der Waals surface area contributed by atoms with E-state index in [1.807, 2.05) is 6.92 Å². The van der Waals surface area contributed by atoms with Crippen LogP contribution in [0.15, 0.2) is 0 Å². The summed E-state index contributed by atoms with van der Waals surface area (Å²) in [4.78, 5) is 12.8. The summed E-state index contributed by atoms with van der Waals surface area (Å²) in [5, 5.41) is 6.29. The minimum atomic E-state index is 0.0472. The lowest BCUT2D eigenvalue weighted by molar-refractivity contribution is -0.0796. The fourth-order valence-corrected chi connectivity index (χ4v) is 2.48. The molecule has 1 aliphatic carbocycles. The molecule has 1 aromatic heterocycles. The summed E-state index contributed by atoms with van der Waals surface area (Å²) in [5.74, 6) is 1.03. The number of methoxy groups -OCH3 is 1. The molecular formula is C14H25N5O2. The molecule has 118 valence electrons. The lowest BCUT2D eigenvalue weighted by Gasteiger charge is -2.51. The van der Waals surface area contributed by atoms with Gasteiger partial charge in [-0.3, -0.25) is 0 Å². The summed E-state index contributed by atoms with van der Waals surface area (Å²) in [6.07, 6.45) is 2.11. The largest absolute Gasteiger partial charge is 0.463 e. The molecule has 7 heteroatoms. The summed E-state index contributed by atoms with van der Waals surface area (Å²) in [5.41, 5.74) is 0.0472. The van der Waals surface area contributed by atoms with Crippen LogP contribution in [0.2, 0.25) is 0 Å². The van der Waals surface area contributed by atoms with E-state index in [4.69, 9.17) is 9.47 Å². The summed E-state index contributed by atoms with van der Waals surface area (Å²) < 4.78 is 11.0. The number of rotatable bonds is 7. The zero-order valence-electron chi connectivity index (χ0n) is 13.4. The molecule has 1 heterocycles. The summed E-state index contributed by atoms with van der Waals surface area (Å²) >= 11 is 0. The van der Waals surface area contributed by atoms with Gasteiger partial charge in [-0.2, -0.15) is 15.0 Å². The van der Waals surface area contributed by atoms with Gasteiger partial charge in [-0.05, 0) is 12.8 Å². The summed E-state index contributed by atoms with van der Waals surface area (Å²) in [6.45, 7) is 6.99. The second-order valence-corrected chi connectivity index (χ2v) is 5.84. The number of hydrogen-bond donors (Lipinski definition) is 2. The topological polar surface area (TPSA) is 81.2 Å². The highest BCUT2D eigenvalue weighted by atomic mass is 16.5. The van der Waals surface area contributed by atoms with E-state index in [1.165, 1.54) is 0 Å². The smallest absolute Gasteiger partial charge is 0.323 e. The van der Waals surface area contributed by atoms with Gasteiger partial charge in [0.15, 0.2) is 0 Å². The van der Waals surface area contributed by atoms with E-state index < -0.39 is 0 Å². The molecule has 2 rings (SSSR count). The van der Waals surface area contributed by atoms with Crippen LogP contribution in [0.5, 0.6) is 6.01 Å². The summed E-state index contributed by atoms with van der Waals surface area (Å²) in [7, 11) is 3.53. The van der Waals surface area contributed by atoms with Crippen LogP contribution < -0.4 is 15.4 Å². The number of aromatic nitrogens is 3. The molecule has 21 heavy (non-hydrogen) atoms. The van der Waals surface area contributed by atoms with Gasteiger partial charge in [0, 0.05) is 25.6 Å². The maximum Gasteiger partial charge on any atom is 0.323 e. The van der Waals surface area contributed by atoms with Crippen molar-refractivity contribution in [1.82, 2.24) is 15.0 Å². The molecule has 0 aliphatic heterocycles. The van der Waals surface area contributed by atoms with Crippen LogP contribution in [-0.2, 0) is 4.74 Å². The number of nitrogens with zero attached hydrogens (tertiary/aromatic N) is 3. The Kier molecular flexibility index (Phi) is 4.82. The van der Waals surface area contributed by atoms with E-state index in [0.29, 0.717) is 24.5 Å². The lowest BCUT2D eigenvalue weighted by Crippen LogP contribution is -2.57. The predicted octanol–water partition coefficient (Wildman–Crippen LogP) is 1.93. The number of hydrogen-bond acceptors (Lipinski definition) is 7. The normalized spacial score (nSPS) is 23.3. The Balaban J connectivity index is 2.09. The first kappa shape index (κ1) is 15.8. The van der Waals surface area contributed by atoms with Gasteiger partial charge in [0.2, 0.25) is 11.9 Å². The SMILES string of the molecule is CCCOc1nc(NC)nc(NC2CC(OC)C2(C)C)n1. The second kappa shape index (κ2) is 6.43. The molecule has 1 aliphatic rings. The molecule has 0 bridgehead atoms. The average Bonchev–Trinajstić information content (AvgIpc) is 2.48. The Morgan fingerprint density at radius 3 is 2.52 bits per heavy atom. The minimum Gasteiger partial charge on any atom is -0.463 e. The van der Waals surface area contributed by atoms with Crippen LogP contribution in [0, 0.1) is 5.41 Å². The van der Waals surface area contributed by atoms with E-state index in [2.05, 4.69) is 39.4 Å². The quantitative estimate of drug-likeness (QED) is 0.795. The Hall–Kier alpha value is -1.63. The Labute approximate surface area is 125 Å². The van der Waals surface area contributed by atoms with Crippen LogP contribution in [-0.4, -0.2) is 47.9 Å². The van der Waals surface area contributed by atoms with E-state index >= 15 is 0 Å². The monoisotopic (exact) mass is 295 g/mol. The van der Waals surface area contributed by atoms with Crippen LogP contribution in [0.4, 0.5) is 11.9 Å². The zero-order chi connectivity index (χ0) is 15.5. The van der Waals surface area contributed by atoms with Gasteiger partial charge in [0.25, 0.3) is 0 Å². The van der Waals surface area contributed by atoms with E-state index in [-0.39, 0.29) is 17.6 Å². The highest BCUT2D eigenvalue weighted by Crippen LogP contribution is 2.43. The fraction of sp³-hybridized carbons (Fsp3) is 0.786. The third-order valence-corrected chi connectivity index (χ3v) is 4.04. The fourth-order valence-electron chi connectivity index (χ4n) is 2.48. The zero-order valence-corrected chi connectivity index (χ0v) is 13.4. The van der Waals surface area contributed by atoms with Crippen LogP contribution >= 0.6 is 0 Å². The molecule has 2 atom stereocenters. The van der Waals surface area contributed by atoms with E-state index in [9.17, 15) is 0 Å². The molecule has 0 aromatic carbocycles. The Morgan fingerprint density at radius 2 is 1.95 bits per heavy atom. The van der Waals surface area contributed by atoms with Gasteiger partial charge >= 0.3 is 6.01 Å². The van der Waals surface area contributed by atoms with Crippen molar-refractivity contribution in [3.05, 3.63) is 0 Å². The molecule has 0 amide bonds. The van der Waals surface area contributed by atoms with Crippen LogP contribution in [0.3, 0.4) is 0 Å². The van der Waals surface area contributed by atoms with Crippen LogP contribution in [0.1, 0.15) is 33.6 Å². The van der Waals surface area contributed by atoms with Crippen molar-refractivity contribution in [2.24, 2.45) is 5.41 Å². The number of ether oxygens (including phenoxy) is 2. The van der Waals surface area contributed by atoms with Crippen molar-refractivity contribution in [2.45, 2.75) is 45.8 Å². The second-order valence-electron chi connectivity index (χ2n) is 5.84. The first-order valence-corrected chi connectivity index (χ1v) is 7.37. The van der Waals surface area contributed by atoms with Gasteiger partial charge in [-0.25, -0.2) is 0 Å². The van der Waals surface area contributed by atoms with Gasteiger partial charge in [0.1, 0.15) is 0 Å². The van der Waals surface area contributed by atoms with Crippen molar-refractivity contribution in [1.29, 1.82) is 0 Å². The lowest BCUT2D eigenvalue weighted by atomic mass is 9.64. The van der Waals surface area contributed by atoms with Crippen molar-refractivity contribution < 1.29 is 9.47 Å². The van der Waals surface area contributed by atoms with Gasteiger partial charge < -0.3 is 20.1 Å². The standard InChI is InChI=1S/C14H25N5O2/c1-6-7-21-13-18-11(15-4)17-12(19-13)16-9-8-10(20-5)14(9,2)3/h9-10H,6-8H2,1-5H3,(H2,15,16,17,18,19). The third kappa shape index (κ3) is 3.34. The molecular weight excluding hydrogens is 270 g/mol. The highest BCUT2D eigenvalue weighted by molar-refractivity contribution is 5.37.